The number of carbonyl (C=O) groups excluding carboxylic acids is 2. The number of fused-ring (bicyclic) bond motifs is 1. The van der Waals surface area contributed by atoms with Crippen molar-refractivity contribution in [1.82, 2.24) is 4.90 Å². The summed E-state index contributed by atoms with van der Waals surface area (Å²) >= 11 is 0. The van der Waals surface area contributed by atoms with E-state index in [1.165, 1.54) is 17.0 Å². The third-order valence-corrected chi connectivity index (χ3v) is 6.59. The lowest BCUT2D eigenvalue weighted by atomic mass is 10.0. The molecule has 7 heteroatoms. The smallest absolute Gasteiger partial charge is 0.269 e. The molecule has 4 rings (SSSR count). The van der Waals surface area contributed by atoms with Gasteiger partial charge in [-0.1, -0.05) is 60.2 Å². The number of aryl methyl sites for hydroxylation is 1. The van der Waals surface area contributed by atoms with Crippen LogP contribution in [0.3, 0.4) is 0 Å². The number of hydrogen-bond acceptors (Lipinski definition) is 5. The number of carbonyl (C=O) groups is 2. The third-order valence-electron chi connectivity index (χ3n) is 5.26. The third kappa shape index (κ3) is 4.15. The van der Waals surface area contributed by atoms with Crippen molar-refractivity contribution in [3.05, 3.63) is 101 Å². The van der Waals surface area contributed by atoms with Gasteiger partial charge in [-0.05, 0) is 43.2 Å². The van der Waals surface area contributed by atoms with Crippen molar-refractivity contribution < 1.29 is 22.2 Å². The molecule has 0 aliphatic carbocycles. The van der Waals surface area contributed by atoms with Crippen LogP contribution >= 0.6 is 0 Å². The Balaban J connectivity index is 1.57. The summed E-state index contributed by atoms with van der Waals surface area (Å²) in [7, 11) is -3.95. The number of amides is 2. The first kappa shape index (κ1) is 21.0. The van der Waals surface area contributed by atoms with Gasteiger partial charge in [-0.15, -0.1) is 0 Å². The predicted molar refractivity (Wildman–Crippen MR) is 115 cm³/mol. The fourth-order valence-corrected chi connectivity index (χ4v) is 4.57. The summed E-state index contributed by atoms with van der Waals surface area (Å²) < 4.78 is 30.3. The van der Waals surface area contributed by atoms with Crippen molar-refractivity contribution in [2.45, 2.75) is 24.3 Å². The predicted octanol–water partition coefficient (Wildman–Crippen LogP) is 4.13. The van der Waals surface area contributed by atoms with E-state index < -0.39 is 28.0 Å². The monoisotopic (exact) mass is 435 g/mol. The summed E-state index contributed by atoms with van der Waals surface area (Å²) in [6, 6.07) is 21.5. The Morgan fingerprint density at radius 3 is 1.94 bits per heavy atom. The molecule has 3 aromatic rings. The van der Waals surface area contributed by atoms with Crippen LogP contribution in [-0.4, -0.2) is 31.7 Å². The van der Waals surface area contributed by atoms with Crippen molar-refractivity contribution in [3.8, 4) is 0 Å². The van der Waals surface area contributed by atoms with Gasteiger partial charge in [0.1, 0.15) is 0 Å². The fourth-order valence-electron chi connectivity index (χ4n) is 3.65. The molecule has 0 radical (unpaired) electrons. The van der Waals surface area contributed by atoms with Gasteiger partial charge < -0.3 is 0 Å². The molecule has 0 unspecified atom stereocenters. The minimum Gasteiger partial charge on any atom is -0.269 e. The Morgan fingerprint density at radius 2 is 1.35 bits per heavy atom. The molecule has 0 saturated carbocycles. The molecule has 0 fully saturated rings. The Hall–Kier alpha value is -3.29. The van der Waals surface area contributed by atoms with Crippen molar-refractivity contribution >= 4 is 21.9 Å². The molecule has 3 aromatic carbocycles. The van der Waals surface area contributed by atoms with E-state index in [0.29, 0.717) is 11.1 Å². The zero-order valence-corrected chi connectivity index (χ0v) is 17.7. The van der Waals surface area contributed by atoms with E-state index in [9.17, 15) is 18.0 Å². The molecule has 0 spiro atoms. The molecule has 0 bridgehead atoms. The second kappa shape index (κ2) is 8.45. The topological polar surface area (TPSA) is 80.8 Å². The highest BCUT2D eigenvalue weighted by Crippen LogP contribution is 2.33. The molecule has 158 valence electrons. The zero-order valence-electron chi connectivity index (χ0n) is 16.9. The lowest BCUT2D eigenvalue weighted by molar-refractivity contribution is 0.0563. The summed E-state index contributed by atoms with van der Waals surface area (Å²) in [5.41, 5.74) is 2.37. The van der Waals surface area contributed by atoms with Gasteiger partial charge in [0.05, 0.1) is 28.7 Å². The van der Waals surface area contributed by atoms with Gasteiger partial charge in [0.2, 0.25) is 0 Å². The van der Waals surface area contributed by atoms with Crippen LogP contribution < -0.4 is 0 Å². The maximum atomic E-state index is 13.0. The highest BCUT2D eigenvalue weighted by Gasteiger charge is 2.40. The van der Waals surface area contributed by atoms with Crippen LogP contribution in [0.1, 0.15) is 44.3 Å². The van der Waals surface area contributed by atoms with Gasteiger partial charge in [0.15, 0.2) is 0 Å². The first-order chi connectivity index (χ1) is 14.9. The van der Waals surface area contributed by atoms with E-state index in [0.717, 1.165) is 11.1 Å². The highest BCUT2D eigenvalue weighted by molar-refractivity contribution is 7.86. The van der Waals surface area contributed by atoms with Crippen molar-refractivity contribution in [2.24, 2.45) is 0 Å². The van der Waals surface area contributed by atoms with Gasteiger partial charge in [-0.2, -0.15) is 8.42 Å². The lowest BCUT2D eigenvalue weighted by Gasteiger charge is -2.26. The number of benzene rings is 3. The van der Waals surface area contributed by atoms with Gasteiger partial charge in [-0.25, -0.2) is 0 Å². The number of imide groups is 1. The Labute approximate surface area is 181 Å². The molecule has 1 atom stereocenters. The molecule has 0 N–H and O–H groups in total. The van der Waals surface area contributed by atoms with Crippen molar-refractivity contribution in [1.29, 1.82) is 0 Å². The molecular formula is C24H21NO5S. The summed E-state index contributed by atoms with van der Waals surface area (Å²) in [6.07, 6.45) is 0.139. The Morgan fingerprint density at radius 1 is 0.806 bits per heavy atom. The highest BCUT2D eigenvalue weighted by atomic mass is 32.2. The average Bonchev–Trinajstić information content (AvgIpc) is 3.03. The standard InChI is InChI=1S/C24H21NO5S/c1-17-11-13-19(14-12-17)31(28,29)30-16-15-22(18-7-3-2-4-8-18)25-23(26)20-9-5-6-10-21(20)24(25)27/h2-14,22H,15-16H2,1H3/t22-/m1/s1. The van der Waals surface area contributed by atoms with Crippen LogP contribution in [0.2, 0.25) is 0 Å². The van der Waals surface area contributed by atoms with Gasteiger partial charge >= 0.3 is 0 Å². The fraction of sp³-hybridized carbons (Fsp3) is 0.167. The molecular weight excluding hydrogens is 414 g/mol. The number of rotatable bonds is 7. The molecule has 1 aliphatic heterocycles. The molecule has 0 aromatic heterocycles. The van der Waals surface area contributed by atoms with Crippen molar-refractivity contribution in [2.75, 3.05) is 6.61 Å². The van der Waals surface area contributed by atoms with Crippen LogP contribution in [0.4, 0.5) is 0 Å². The first-order valence-electron chi connectivity index (χ1n) is 9.86. The Bertz CT molecular complexity index is 1190. The second-order valence-electron chi connectivity index (χ2n) is 7.33. The molecule has 2 amide bonds. The minimum absolute atomic E-state index is 0.0649. The van der Waals surface area contributed by atoms with Crippen molar-refractivity contribution in [3.63, 3.8) is 0 Å². The van der Waals surface area contributed by atoms with Gasteiger partial charge in [0, 0.05) is 0 Å². The second-order valence-corrected chi connectivity index (χ2v) is 8.95. The summed E-state index contributed by atoms with van der Waals surface area (Å²) in [5, 5.41) is 0. The van der Waals surface area contributed by atoms with E-state index in [4.69, 9.17) is 4.18 Å². The van der Waals surface area contributed by atoms with Crippen LogP contribution in [0.5, 0.6) is 0 Å². The van der Waals surface area contributed by atoms with E-state index in [2.05, 4.69) is 0 Å². The largest absolute Gasteiger partial charge is 0.296 e. The SMILES string of the molecule is Cc1ccc(S(=O)(=O)OCC[C@H](c2ccccc2)N2C(=O)c3ccccc3C2=O)cc1. The lowest BCUT2D eigenvalue weighted by Crippen LogP contribution is -2.35. The molecule has 0 saturated heterocycles. The number of nitrogens with zero attached hydrogens (tertiary/aromatic N) is 1. The molecule has 31 heavy (non-hydrogen) atoms. The van der Waals surface area contributed by atoms with Crippen LogP contribution in [-0.2, 0) is 14.3 Å². The summed E-state index contributed by atoms with van der Waals surface area (Å²) in [6.45, 7) is 1.69. The maximum Gasteiger partial charge on any atom is 0.296 e. The van der Waals surface area contributed by atoms with E-state index >= 15 is 0 Å². The zero-order chi connectivity index (χ0) is 22.0. The average molecular weight is 436 g/mol. The Kier molecular flexibility index (Phi) is 5.71. The normalized spacial score (nSPS) is 14.5. The summed E-state index contributed by atoms with van der Waals surface area (Å²) in [4.78, 5) is 27.2. The van der Waals surface area contributed by atoms with Gasteiger partial charge in [-0.3, -0.25) is 18.7 Å². The maximum absolute atomic E-state index is 13.0. The first-order valence-corrected chi connectivity index (χ1v) is 11.3. The van der Waals surface area contributed by atoms with E-state index in [1.54, 1.807) is 36.4 Å². The molecule has 1 aliphatic rings. The minimum atomic E-state index is -3.95. The van der Waals surface area contributed by atoms with E-state index in [-0.39, 0.29) is 17.9 Å². The number of hydrogen-bond donors (Lipinski definition) is 0. The van der Waals surface area contributed by atoms with Crippen LogP contribution in [0.15, 0.2) is 83.8 Å². The van der Waals surface area contributed by atoms with E-state index in [1.807, 2.05) is 37.3 Å². The molecule has 6 nitrogen and oxygen atoms in total. The van der Waals surface area contributed by atoms with Crippen LogP contribution in [0.25, 0.3) is 0 Å². The molecule has 1 heterocycles. The van der Waals surface area contributed by atoms with Gasteiger partial charge in [0.25, 0.3) is 21.9 Å². The van der Waals surface area contributed by atoms with Crippen LogP contribution in [0, 0.1) is 6.92 Å². The summed E-state index contributed by atoms with van der Waals surface area (Å²) in [5.74, 6) is -0.785. The quantitative estimate of drug-likeness (QED) is 0.412.